The average Bonchev–Trinajstić information content (AvgIpc) is 3.01. The van der Waals surface area contributed by atoms with E-state index in [1.807, 2.05) is 0 Å². The summed E-state index contributed by atoms with van der Waals surface area (Å²) in [7, 11) is 0. The molecule has 24 heavy (non-hydrogen) atoms. The Morgan fingerprint density at radius 1 is 1.29 bits per heavy atom. The Morgan fingerprint density at radius 3 is 2.58 bits per heavy atom. The SMILES string of the molecule is N=C(NCC(=O)O)N[C@@H](CCCCN)C(=O)N1CCC[C@H]1C(=O)O. The number of unbranched alkanes of at least 4 members (excludes halogenated alkanes) is 1. The van der Waals surface area contributed by atoms with Crippen LogP contribution < -0.4 is 16.4 Å². The Morgan fingerprint density at radius 2 is 2.00 bits per heavy atom. The van der Waals surface area contributed by atoms with Crippen molar-refractivity contribution in [2.24, 2.45) is 5.73 Å². The number of aliphatic carboxylic acids is 2. The molecular weight excluding hydrogens is 318 g/mol. The second kappa shape index (κ2) is 9.71. The lowest BCUT2D eigenvalue weighted by Crippen LogP contribution is -2.54. The summed E-state index contributed by atoms with van der Waals surface area (Å²) in [6, 6.07) is -1.64. The van der Waals surface area contributed by atoms with E-state index in [2.05, 4.69) is 10.6 Å². The third-order valence-electron chi connectivity index (χ3n) is 3.80. The fourth-order valence-corrected chi connectivity index (χ4v) is 2.63. The fourth-order valence-electron chi connectivity index (χ4n) is 2.63. The minimum Gasteiger partial charge on any atom is -0.480 e. The van der Waals surface area contributed by atoms with E-state index in [4.69, 9.17) is 16.2 Å². The third-order valence-corrected chi connectivity index (χ3v) is 3.80. The topological polar surface area (TPSA) is 169 Å². The molecule has 2 atom stereocenters. The molecule has 1 fully saturated rings. The first-order valence-electron chi connectivity index (χ1n) is 7.91. The van der Waals surface area contributed by atoms with Crippen LogP contribution in [0.25, 0.3) is 0 Å². The Hall–Kier alpha value is -2.36. The molecule has 0 spiro atoms. The monoisotopic (exact) mass is 343 g/mol. The Balaban J connectivity index is 2.72. The maximum Gasteiger partial charge on any atom is 0.326 e. The summed E-state index contributed by atoms with van der Waals surface area (Å²) >= 11 is 0. The third kappa shape index (κ3) is 6.03. The molecule has 0 aromatic heterocycles. The van der Waals surface area contributed by atoms with Gasteiger partial charge in [0, 0.05) is 6.54 Å². The summed E-state index contributed by atoms with van der Waals surface area (Å²) in [4.78, 5) is 35.7. The molecule has 0 aromatic carbocycles. The molecule has 0 unspecified atom stereocenters. The van der Waals surface area contributed by atoms with Crippen molar-refractivity contribution in [2.75, 3.05) is 19.6 Å². The van der Waals surface area contributed by atoms with E-state index in [0.717, 1.165) is 0 Å². The Kier molecular flexibility index (Phi) is 7.96. The molecule has 0 radical (unpaired) electrons. The maximum atomic E-state index is 12.7. The predicted molar refractivity (Wildman–Crippen MR) is 85.6 cm³/mol. The average molecular weight is 343 g/mol. The summed E-state index contributed by atoms with van der Waals surface area (Å²) in [5.74, 6) is -2.84. The fraction of sp³-hybridized carbons (Fsp3) is 0.714. The number of hydrogen-bond donors (Lipinski definition) is 6. The van der Waals surface area contributed by atoms with Crippen molar-refractivity contribution in [3.8, 4) is 0 Å². The molecule has 1 rings (SSSR count). The van der Waals surface area contributed by atoms with E-state index in [-0.39, 0.29) is 5.96 Å². The van der Waals surface area contributed by atoms with E-state index >= 15 is 0 Å². The van der Waals surface area contributed by atoms with Crippen LogP contribution in [0.1, 0.15) is 32.1 Å². The quantitative estimate of drug-likeness (QED) is 0.171. The van der Waals surface area contributed by atoms with Gasteiger partial charge >= 0.3 is 11.9 Å². The summed E-state index contributed by atoms with van der Waals surface area (Å²) in [5, 5.41) is 30.5. The highest BCUT2D eigenvalue weighted by Gasteiger charge is 2.37. The van der Waals surface area contributed by atoms with Gasteiger partial charge in [-0.05, 0) is 38.6 Å². The van der Waals surface area contributed by atoms with Crippen LogP contribution in [0.2, 0.25) is 0 Å². The maximum absolute atomic E-state index is 12.7. The van der Waals surface area contributed by atoms with Crippen molar-refractivity contribution < 1.29 is 24.6 Å². The first kappa shape index (κ1) is 19.7. The molecule has 0 bridgehead atoms. The van der Waals surface area contributed by atoms with Gasteiger partial charge in [0.05, 0.1) is 0 Å². The molecule has 1 heterocycles. The van der Waals surface area contributed by atoms with Gasteiger partial charge in [0.25, 0.3) is 0 Å². The van der Waals surface area contributed by atoms with Crippen LogP contribution in [-0.4, -0.2) is 70.6 Å². The van der Waals surface area contributed by atoms with Crippen molar-refractivity contribution >= 4 is 23.8 Å². The van der Waals surface area contributed by atoms with Crippen LogP contribution in [0, 0.1) is 5.41 Å². The molecule has 1 aliphatic heterocycles. The van der Waals surface area contributed by atoms with Gasteiger partial charge in [-0.15, -0.1) is 0 Å². The molecule has 0 aliphatic carbocycles. The van der Waals surface area contributed by atoms with E-state index in [9.17, 15) is 19.5 Å². The molecule has 10 heteroatoms. The highest BCUT2D eigenvalue weighted by Crippen LogP contribution is 2.19. The Bertz CT molecular complexity index is 484. The van der Waals surface area contributed by atoms with Crippen LogP contribution in [-0.2, 0) is 14.4 Å². The van der Waals surface area contributed by atoms with Crippen molar-refractivity contribution in [1.29, 1.82) is 5.41 Å². The molecule has 0 aromatic rings. The normalized spacial score (nSPS) is 18.0. The number of carbonyl (C=O) groups is 3. The lowest BCUT2D eigenvalue weighted by atomic mass is 10.1. The van der Waals surface area contributed by atoms with Crippen LogP contribution >= 0.6 is 0 Å². The van der Waals surface area contributed by atoms with E-state index in [1.165, 1.54) is 4.90 Å². The van der Waals surface area contributed by atoms with Gasteiger partial charge in [-0.1, -0.05) is 0 Å². The molecule has 1 amide bonds. The number of nitrogens with one attached hydrogen (secondary N) is 3. The number of likely N-dealkylation sites (tertiary alicyclic amines) is 1. The zero-order chi connectivity index (χ0) is 18.1. The number of rotatable bonds is 9. The van der Waals surface area contributed by atoms with Crippen LogP contribution in [0.4, 0.5) is 0 Å². The molecular formula is C14H25N5O5. The smallest absolute Gasteiger partial charge is 0.326 e. The second-order valence-corrected chi connectivity index (χ2v) is 5.63. The highest BCUT2D eigenvalue weighted by atomic mass is 16.4. The molecule has 10 nitrogen and oxygen atoms in total. The van der Waals surface area contributed by atoms with Crippen LogP contribution in [0.5, 0.6) is 0 Å². The summed E-state index contributed by atoms with van der Waals surface area (Å²) in [6.07, 6.45) is 2.75. The number of nitrogens with zero attached hydrogens (tertiary/aromatic N) is 1. The van der Waals surface area contributed by atoms with Gasteiger partial charge < -0.3 is 31.5 Å². The minimum absolute atomic E-state index is 0.283. The second-order valence-electron chi connectivity index (χ2n) is 5.63. The number of guanidine groups is 1. The van der Waals surface area contributed by atoms with Crippen molar-refractivity contribution in [2.45, 2.75) is 44.2 Å². The zero-order valence-electron chi connectivity index (χ0n) is 13.5. The zero-order valence-corrected chi connectivity index (χ0v) is 13.5. The van der Waals surface area contributed by atoms with Gasteiger partial charge in [-0.25, -0.2) is 4.79 Å². The van der Waals surface area contributed by atoms with Gasteiger partial charge in [0.1, 0.15) is 18.6 Å². The van der Waals surface area contributed by atoms with Gasteiger partial charge in [-0.2, -0.15) is 0 Å². The molecule has 1 saturated heterocycles. The standard InChI is InChI=1S/C14H25N5O5/c15-6-2-1-4-9(18-14(16)17-8-11(20)21)12(22)19-7-3-5-10(19)13(23)24/h9-10H,1-8,15H2,(H,20,21)(H,23,24)(H3,16,17,18)/t9-,10-/m0/s1. The number of carbonyl (C=O) groups excluding carboxylic acids is 1. The predicted octanol–water partition coefficient (Wildman–Crippen LogP) is -1.24. The molecule has 136 valence electrons. The summed E-state index contributed by atoms with van der Waals surface area (Å²) < 4.78 is 0. The van der Waals surface area contributed by atoms with Gasteiger partial charge in [0.15, 0.2) is 5.96 Å². The van der Waals surface area contributed by atoms with Crippen LogP contribution in [0.3, 0.4) is 0 Å². The molecule has 7 N–H and O–H groups in total. The Labute approximate surface area is 139 Å². The van der Waals surface area contributed by atoms with Gasteiger partial charge in [0.2, 0.25) is 5.91 Å². The number of hydrogen-bond acceptors (Lipinski definition) is 5. The summed E-state index contributed by atoms with van der Waals surface area (Å²) in [5.41, 5.74) is 5.44. The number of carboxylic acids is 2. The molecule has 0 saturated carbocycles. The first-order valence-corrected chi connectivity index (χ1v) is 7.91. The van der Waals surface area contributed by atoms with Crippen molar-refractivity contribution in [3.63, 3.8) is 0 Å². The first-order chi connectivity index (χ1) is 11.4. The highest BCUT2D eigenvalue weighted by molar-refractivity contribution is 5.91. The van der Waals surface area contributed by atoms with E-state index in [1.54, 1.807) is 0 Å². The number of nitrogens with two attached hydrogens (primary N) is 1. The summed E-state index contributed by atoms with van der Waals surface area (Å²) in [6.45, 7) is 0.384. The van der Waals surface area contributed by atoms with Crippen molar-refractivity contribution in [1.82, 2.24) is 15.5 Å². The number of carboxylic acid groups (broad SMARTS) is 2. The molecule has 1 aliphatic rings. The number of amides is 1. The van der Waals surface area contributed by atoms with Gasteiger partial charge in [-0.3, -0.25) is 15.0 Å². The minimum atomic E-state index is -1.13. The lowest BCUT2D eigenvalue weighted by Gasteiger charge is -2.28. The lowest BCUT2D eigenvalue weighted by molar-refractivity contribution is -0.149. The van der Waals surface area contributed by atoms with E-state index < -0.39 is 36.5 Å². The van der Waals surface area contributed by atoms with E-state index in [0.29, 0.717) is 45.2 Å². The largest absolute Gasteiger partial charge is 0.480 e. The van der Waals surface area contributed by atoms with Crippen LogP contribution in [0.15, 0.2) is 0 Å². The van der Waals surface area contributed by atoms with Crippen molar-refractivity contribution in [3.05, 3.63) is 0 Å².